The highest BCUT2D eigenvalue weighted by molar-refractivity contribution is 5.90. The number of nitrogens with one attached hydrogen (secondary N) is 1. The lowest BCUT2D eigenvalue weighted by molar-refractivity contribution is 0.0599. The van der Waals surface area contributed by atoms with Gasteiger partial charge < -0.3 is 10.1 Å². The number of ether oxygens (including phenoxy) is 1. The molecule has 1 saturated carbocycles. The third kappa shape index (κ3) is 3.83. The summed E-state index contributed by atoms with van der Waals surface area (Å²) in [5.41, 5.74) is 2.17. The Morgan fingerprint density at radius 2 is 1.95 bits per heavy atom. The van der Waals surface area contributed by atoms with Gasteiger partial charge in [0.1, 0.15) is 0 Å². The fourth-order valence-corrected chi connectivity index (χ4v) is 2.84. The first kappa shape index (κ1) is 15.0. The van der Waals surface area contributed by atoms with Gasteiger partial charge in [-0.25, -0.2) is 4.79 Å². The summed E-state index contributed by atoms with van der Waals surface area (Å²) in [4.78, 5) is 11.7. The monoisotopic (exact) mass is 275 g/mol. The summed E-state index contributed by atoms with van der Waals surface area (Å²) >= 11 is 0. The van der Waals surface area contributed by atoms with Crippen LogP contribution >= 0.6 is 0 Å². The zero-order chi connectivity index (χ0) is 14.6. The maximum Gasteiger partial charge on any atom is 0.338 e. The van der Waals surface area contributed by atoms with Gasteiger partial charge in [0.15, 0.2) is 0 Å². The molecule has 3 nitrogen and oxygen atoms in total. The van der Waals surface area contributed by atoms with Crippen molar-refractivity contribution in [2.75, 3.05) is 7.11 Å². The summed E-state index contributed by atoms with van der Waals surface area (Å²) in [6.45, 7) is 5.42. The van der Waals surface area contributed by atoms with Crippen LogP contribution in [-0.4, -0.2) is 19.1 Å². The molecule has 0 saturated heterocycles. The standard InChI is InChI=1S/C17H25NO2/c1-17(2)10-8-14(9-11-17)18-12-13-6-4-5-7-15(13)16(19)20-3/h4-7,14,18H,8-12H2,1-3H3. The van der Waals surface area contributed by atoms with Gasteiger partial charge in [-0.1, -0.05) is 32.0 Å². The quantitative estimate of drug-likeness (QED) is 0.854. The highest BCUT2D eigenvalue weighted by Crippen LogP contribution is 2.35. The van der Waals surface area contributed by atoms with E-state index < -0.39 is 0 Å². The molecule has 1 N–H and O–H groups in total. The van der Waals surface area contributed by atoms with Crippen LogP contribution in [0.2, 0.25) is 0 Å². The normalized spacial score (nSPS) is 18.8. The van der Waals surface area contributed by atoms with E-state index in [1.54, 1.807) is 0 Å². The number of esters is 1. The lowest BCUT2D eigenvalue weighted by Crippen LogP contribution is -2.35. The van der Waals surface area contributed by atoms with E-state index in [1.165, 1.54) is 32.8 Å². The fourth-order valence-electron chi connectivity index (χ4n) is 2.84. The van der Waals surface area contributed by atoms with Crippen molar-refractivity contribution in [1.29, 1.82) is 0 Å². The number of carbonyl (C=O) groups is 1. The molecule has 0 unspecified atom stereocenters. The van der Waals surface area contributed by atoms with Gasteiger partial charge >= 0.3 is 5.97 Å². The average molecular weight is 275 g/mol. The van der Waals surface area contributed by atoms with Crippen LogP contribution in [0.1, 0.15) is 55.5 Å². The van der Waals surface area contributed by atoms with Crippen LogP contribution in [0.4, 0.5) is 0 Å². The molecule has 1 aromatic rings. The largest absolute Gasteiger partial charge is 0.465 e. The third-order valence-corrected chi connectivity index (χ3v) is 4.34. The van der Waals surface area contributed by atoms with Gasteiger partial charge in [0, 0.05) is 12.6 Å². The first-order valence-electron chi connectivity index (χ1n) is 7.41. The van der Waals surface area contributed by atoms with Crippen molar-refractivity contribution in [3.8, 4) is 0 Å². The highest BCUT2D eigenvalue weighted by Gasteiger charge is 2.26. The van der Waals surface area contributed by atoms with Gasteiger partial charge in [-0.15, -0.1) is 0 Å². The minimum Gasteiger partial charge on any atom is -0.465 e. The van der Waals surface area contributed by atoms with Gasteiger partial charge in [0.25, 0.3) is 0 Å². The molecule has 1 fully saturated rings. The molecule has 110 valence electrons. The molecule has 0 radical (unpaired) electrons. The second-order valence-electron chi connectivity index (χ2n) is 6.47. The molecule has 2 rings (SSSR count). The number of hydrogen-bond acceptors (Lipinski definition) is 3. The van der Waals surface area contributed by atoms with Crippen molar-refractivity contribution in [3.05, 3.63) is 35.4 Å². The number of hydrogen-bond donors (Lipinski definition) is 1. The lowest BCUT2D eigenvalue weighted by atomic mass is 9.75. The van der Waals surface area contributed by atoms with E-state index in [9.17, 15) is 4.79 Å². The van der Waals surface area contributed by atoms with Crippen LogP contribution in [0.3, 0.4) is 0 Å². The molecule has 0 amide bonds. The summed E-state index contributed by atoms with van der Waals surface area (Å²) in [5.74, 6) is -0.257. The van der Waals surface area contributed by atoms with Gasteiger partial charge in [-0.3, -0.25) is 0 Å². The molecule has 0 aromatic heterocycles. The summed E-state index contributed by atoms with van der Waals surface area (Å²) in [6.07, 6.45) is 4.97. The van der Waals surface area contributed by atoms with Crippen molar-refractivity contribution < 1.29 is 9.53 Å². The van der Waals surface area contributed by atoms with Crippen molar-refractivity contribution in [1.82, 2.24) is 5.32 Å². The Bertz CT molecular complexity index is 458. The Morgan fingerprint density at radius 1 is 1.30 bits per heavy atom. The second-order valence-corrected chi connectivity index (χ2v) is 6.47. The van der Waals surface area contributed by atoms with Crippen molar-refractivity contribution in [2.45, 2.75) is 52.1 Å². The molecule has 0 spiro atoms. The van der Waals surface area contributed by atoms with Crippen LogP contribution in [0.5, 0.6) is 0 Å². The molecule has 0 heterocycles. The topological polar surface area (TPSA) is 38.3 Å². The Morgan fingerprint density at radius 3 is 2.60 bits per heavy atom. The molecule has 20 heavy (non-hydrogen) atoms. The van der Waals surface area contributed by atoms with Crippen molar-refractivity contribution in [2.24, 2.45) is 5.41 Å². The number of carbonyl (C=O) groups excluding carboxylic acids is 1. The number of benzene rings is 1. The minimum absolute atomic E-state index is 0.257. The minimum atomic E-state index is -0.257. The molecule has 1 aliphatic carbocycles. The first-order chi connectivity index (χ1) is 9.52. The Hall–Kier alpha value is -1.35. The lowest BCUT2D eigenvalue weighted by Gasteiger charge is -2.34. The van der Waals surface area contributed by atoms with E-state index in [4.69, 9.17) is 4.74 Å². The average Bonchev–Trinajstić information content (AvgIpc) is 2.45. The molecule has 1 aromatic carbocycles. The molecule has 0 atom stereocenters. The van der Waals surface area contributed by atoms with Crippen molar-refractivity contribution in [3.63, 3.8) is 0 Å². The van der Waals surface area contributed by atoms with Crippen LogP contribution in [-0.2, 0) is 11.3 Å². The predicted octanol–water partition coefficient (Wildman–Crippen LogP) is 3.53. The molecular formula is C17H25NO2. The molecule has 1 aliphatic rings. The van der Waals surface area contributed by atoms with Gasteiger partial charge in [0.05, 0.1) is 12.7 Å². The summed E-state index contributed by atoms with van der Waals surface area (Å²) in [5, 5.41) is 3.59. The smallest absolute Gasteiger partial charge is 0.338 e. The highest BCUT2D eigenvalue weighted by atomic mass is 16.5. The zero-order valence-electron chi connectivity index (χ0n) is 12.7. The molecule has 0 aliphatic heterocycles. The number of methoxy groups -OCH3 is 1. The van der Waals surface area contributed by atoms with E-state index in [-0.39, 0.29) is 5.97 Å². The van der Waals surface area contributed by atoms with Crippen LogP contribution in [0.15, 0.2) is 24.3 Å². The fraction of sp³-hybridized carbons (Fsp3) is 0.588. The molecule has 3 heteroatoms. The SMILES string of the molecule is COC(=O)c1ccccc1CNC1CCC(C)(C)CC1. The summed E-state index contributed by atoms with van der Waals surface area (Å²) < 4.78 is 4.83. The van der Waals surface area contributed by atoms with E-state index in [0.29, 0.717) is 17.0 Å². The van der Waals surface area contributed by atoms with Crippen LogP contribution in [0.25, 0.3) is 0 Å². The zero-order valence-corrected chi connectivity index (χ0v) is 12.7. The van der Waals surface area contributed by atoms with Gasteiger partial charge in [-0.2, -0.15) is 0 Å². The van der Waals surface area contributed by atoms with Gasteiger partial charge in [-0.05, 0) is 42.7 Å². The third-order valence-electron chi connectivity index (χ3n) is 4.34. The molecule has 0 bridgehead atoms. The second kappa shape index (κ2) is 6.40. The number of rotatable bonds is 4. The Balaban J connectivity index is 1.93. The first-order valence-corrected chi connectivity index (χ1v) is 7.41. The summed E-state index contributed by atoms with van der Waals surface area (Å²) in [7, 11) is 1.43. The van der Waals surface area contributed by atoms with E-state index >= 15 is 0 Å². The van der Waals surface area contributed by atoms with Crippen LogP contribution in [0, 0.1) is 5.41 Å². The van der Waals surface area contributed by atoms with Gasteiger partial charge in [0.2, 0.25) is 0 Å². The van der Waals surface area contributed by atoms with E-state index in [0.717, 1.165) is 12.1 Å². The summed E-state index contributed by atoms with van der Waals surface area (Å²) in [6, 6.07) is 8.22. The Labute approximate surface area is 121 Å². The van der Waals surface area contributed by atoms with E-state index in [1.807, 2.05) is 24.3 Å². The van der Waals surface area contributed by atoms with Crippen LogP contribution < -0.4 is 5.32 Å². The Kier molecular flexibility index (Phi) is 4.81. The van der Waals surface area contributed by atoms with E-state index in [2.05, 4.69) is 19.2 Å². The maximum absolute atomic E-state index is 11.7. The van der Waals surface area contributed by atoms with Crippen molar-refractivity contribution >= 4 is 5.97 Å². The predicted molar refractivity (Wildman–Crippen MR) is 80.7 cm³/mol. The maximum atomic E-state index is 11.7. The molecular weight excluding hydrogens is 250 g/mol.